The first-order valence-electron chi connectivity index (χ1n) is 19.0. The molecule has 292 valence electrons. The van der Waals surface area contributed by atoms with Crippen molar-refractivity contribution < 1.29 is 19.1 Å². The number of carbonyl (C=O) groups excluding carboxylic acids is 2. The van der Waals surface area contributed by atoms with Gasteiger partial charge in [0.2, 0.25) is 5.91 Å². The van der Waals surface area contributed by atoms with Gasteiger partial charge in [-0.1, -0.05) is 18.2 Å². The molecule has 0 radical (unpaired) electrons. The van der Waals surface area contributed by atoms with Crippen molar-refractivity contribution in [1.29, 1.82) is 0 Å². The minimum Gasteiger partial charge on any atom is -0.497 e. The molecule has 2 saturated heterocycles. The molecule has 2 aliphatic heterocycles. The quantitative estimate of drug-likeness (QED) is 0.170. The monoisotopic (exact) mass is 769 g/mol. The molecule has 0 aliphatic carbocycles. The Balaban J connectivity index is 1.13. The molecule has 0 saturated carbocycles. The summed E-state index contributed by atoms with van der Waals surface area (Å²) in [5.41, 5.74) is 2.20. The molecule has 2 aromatic carbocycles. The number of rotatable bonds is 11. The highest BCUT2D eigenvalue weighted by Crippen LogP contribution is 2.39. The highest BCUT2D eigenvalue weighted by molar-refractivity contribution is 6.04. The van der Waals surface area contributed by atoms with Crippen molar-refractivity contribution in [3.8, 4) is 28.6 Å². The lowest BCUT2D eigenvalue weighted by Gasteiger charge is -2.35. The van der Waals surface area contributed by atoms with Crippen LogP contribution in [0.25, 0.3) is 28.0 Å². The van der Waals surface area contributed by atoms with Crippen molar-refractivity contribution in [3.05, 3.63) is 117 Å². The van der Waals surface area contributed by atoms with Crippen LogP contribution in [0, 0.1) is 0 Å². The fraction of sp³-hybridized carbons (Fsp3) is 0.310. The largest absolute Gasteiger partial charge is 0.497 e. The van der Waals surface area contributed by atoms with Gasteiger partial charge in [0.15, 0.2) is 0 Å². The Bertz CT molecular complexity index is 2600. The third-order valence-electron chi connectivity index (χ3n) is 10.8. The lowest BCUT2D eigenvalue weighted by molar-refractivity contribution is -0.130. The molecule has 15 heteroatoms. The van der Waals surface area contributed by atoms with Gasteiger partial charge in [-0.25, -0.2) is 19.3 Å². The summed E-state index contributed by atoms with van der Waals surface area (Å²) in [6, 6.07) is 19.7. The molecule has 4 aromatic heterocycles. The summed E-state index contributed by atoms with van der Waals surface area (Å²) >= 11 is 0. The zero-order chi connectivity index (χ0) is 39.8. The van der Waals surface area contributed by atoms with E-state index in [1.54, 1.807) is 64.6 Å². The van der Waals surface area contributed by atoms with Gasteiger partial charge >= 0.3 is 5.69 Å². The van der Waals surface area contributed by atoms with E-state index < -0.39 is 17.2 Å². The summed E-state index contributed by atoms with van der Waals surface area (Å²) < 4.78 is 15.4. The average molecular weight is 770 g/mol. The molecule has 0 spiro atoms. The Labute approximate surface area is 327 Å². The SMILES string of the molecule is COc1ccc(CNc2nccc3c2c(-c2ccc(NC(=O)c4cn(C(C)C)c(=O)n(-c5ccccn5)c4=O)cc2)nn3C2CCN3C(=O)CCC3C2)c(OC)c1. The number of methoxy groups -OCH3 is 2. The maximum atomic E-state index is 13.7. The Kier molecular flexibility index (Phi) is 10.0. The predicted octanol–water partition coefficient (Wildman–Crippen LogP) is 5.59. The van der Waals surface area contributed by atoms with Crippen LogP contribution < -0.4 is 31.4 Å². The minimum absolute atomic E-state index is 0.0770. The number of benzene rings is 2. The van der Waals surface area contributed by atoms with Gasteiger partial charge in [-0.15, -0.1) is 0 Å². The molecule has 15 nitrogen and oxygen atoms in total. The summed E-state index contributed by atoms with van der Waals surface area (Å²) in [4.78, 5) is 64.1. The number of nitrogens with one attached hydrogen (secondary N) is 2. The summed E-state index contributed by atoms with van der Waals surface area (Å²) in [6.45, 7) is 4.70. The van der Waals surface area contributed by atoms with Gasteiger partial charge in [-0.2, -0.15) is 5.10 Å². The van der Waals surface area contributed by atoms with Crippen LogP contribution in [0.1, 0.15) is 67.5 Å². The number of hydrogen-bond donors (Lipinski definition) is 2. The van der Waals surface area contributed by atoms with Crippen LogP contribution >= 0.6 is 0 Å². The number of amides is 2. The summed E-state index contributed by atoms with van der Waals surface area (Å²) in [7, 11) is 3.23. The second-order valence-electron chi connectivity index (χ2n) is 14.5. The summed E-state index contributed by atoms with van der Waals surface area (Å²) in [5, 5.41) is 12.4. The molecule has 2 atom stereocenters. The average Bonchev–Trinajstić information content (AvgIpc) is 3.81. The highest BCUT2D eigenvalue weighted by atomic mass is 16.5. The molecule has 2 amide bonds. The van der Waals surface area contributed by atoms with Crippen LogP contribution in [0.4, 0.5) is 11.5 Å². The number of pyridine rings is 2. The van der Waals surface area contributed by atoms with Gasteiger partial charge < -0.3 is 25.0 Å². The van der Waals surface area contributed by atoms with Gasteiger partial charge in [0.25, 0.3) is 11.5 Å². The van der Waals surface area contributed by atoms with E-state index in [1.807, 2.05) is 41.3 Å². The van der Waals surface area contributed by atoms with Gasteiger partial charge in [-0.3, -0.25) is 23.6 Å². The molecule has 57 heavy (non-hydrogen) atoms. The first-order valence-corrected chi connectivity index (χ1v) is 19.0. The molecule has 6 heterocycles. The third-order valence-corrected chi connectivity index (χ3v) is 10.8. The first kappa shape index (κ1) is 37.2. The van der Waals surface area contributed by atoms with E-state index in [0.717, 1.165) is 45.9 Å². The van der Waals surface area contributed by atoms with Crippen molar-refractivity contribution >= 4 is 34.2 Å². The van der Waals surface area contributed by atoms with Crippen molar-refractivity contribution in [2.45, 2.75) is 64.2 Å². The molecule has 2 fully saturated rings. The maximum absolute atomic E-state index is 13.7. The van der Waals surface area contributed by atoms with Crippen molar-refractivity contribution in [2.24, 2.45) is 0 Å². The van der Waals surface area contributed by atoms with E-state index >= 15 is 0 Å². The normalized spacial score (nSPS) is 16.5. The lowest BCUT2D eigenvalue weighted by atomic mass is 9.97. The van der Waals surface area contributed by atoms with Crippen molar-refractivity contribution in [2.75, 3.05) is 31.4 Å². The third kappa shape index (κ3) is 7.00. The molecule has 2 aliphatic rings. The Hall–Kier alpha value is -6.77. The van der Waals surface area contributed by atoms with E-state index in [9.17, 15) is 19.2 Å². The van der Waals surface area contributed by atoms with Crippen LogP contribution in [0.2, 0.25) is 0 Å². The fourth-order valence-electron chi connectivity index (χ4n) is 7.86. The molecule has 2 N–H and O–H groups in total. The molecule has 8 rings (SSSR count). The van der Waals surface area contributed by atoms with Crippen molar-refractivity contribution in [3.63, 3.8) is 0 Å². The standard InChI is InChI=1S/C42H43N9O6/c1-25(2)49-24-32(41(54)50(42(49)55)35-7-5-6-18-43-35)40(53)46-28-11-8-26(9-12-28)38-37-33(51(47-38)30-17-20-48-29(21-30)13-15-36(48)52)16-19-44-39(37)45-23-27-10-14-31(56-3)22-34(27)57-4/h5-12,14,16,18-19,22,24-25,29-30H,13,15,17,20-21,23H2,1-4H3,(H,44,45)(H,46,53). The van der Waals surface area contributed by atoms with Crippen LogP contribution in [-0.2, 0) is 11.3 Å². The molecule has 2 unspecified atom stereocenters. The smallest absolute Gasteiger partial charge is 0.337 e. The van der Waals surface area contributed by atoms with Gasteiger partial charge in [0, 0.05) is 73.1 Å². The van der Waals surface area contributed by atoms with Crippen molar-refractivity contribution in [1.82, 2.24) is 33.8 Å². The van der Waals surface area contributed by atoms with Gasteiger partial charge in [-0.05, 0) is 75.6 Å². The zero-order valence-corrected chi connectivity index (χ0v) is 32.1. The molecular formula is C42H43N9O6. The Morgan fingerprint density at radius 3 is 2.49 bits per heavy atom. The summed E-state index contributed by atoms with van der Waals surface area (Å²) in [6.07, 6.45) is 7.58. The van der Waals surface area contributed by atoms with Crippen LogP contribution in [0.15, 0.2) is 94.9 Å². The molecular weight excluding hydrogens is 727 g/mol. The van der Waals surface area contributed by atoms with Gasteiger partial charge in [0.05, 0.1) is 31.2 Å². The number of anilines is 2. The number of piperidine rings is 1. The van der Waals surface area contributed by atoms with Crippen LogP contribution in [-0.4, -0.2) is 72.4 Å². The number of ether oxygens (including phenoxy) is 2. The minimum atomic E-state index is -0.769. The van der Waals surface area contributed by atoms with Crippen LogP contribution in [0.5, 0.6) is 11.5 Å². The number of nitrogens with zero attached hydrogens (tertiary/aromatic N) is 7. The van der Waals surface area contributed by atoms with E-state index in [-0.39, 0.29) is 35.4 Å². The molecule has 6 aromatic rings. The Morgan fingerprint density at radius 2 is 1.75 bits per heavy atom. The van der Waals surface area contributed by atoms with E-state index in [1.165, 1.54) is 17.0 Å². The predicted molar refractivity (Wildman–Crippen MR) is 215 cm³/mol. The van der Waals surface area contributed by atoms with Gasteiger partial charge in [0.1, 0.15) is 34.4 Å². The summed E-state index contributed by atoms with van der Waals surface area (Å²) in [5.74, 6) is 1.70. The van der Waals surface area contributed by atoms with E-state index in [0.29, 0.717) is 48.2 Å². The first-order chi connectivity index (χ1) is 27.6. The second-order valence-corrected chi connectivity index (χ2v) is 14.5. The fourth-order valence-corrected chi connectivity index (χ4v) is 7.86. The number of hydrogen-bond acceptors (Lipinski definition) is 10. The lowest BCUT2D eigenvalue weighted by Crippen LogP contribution is -2.43. The zero-order valence-electron chi connectivity index (χ0n) is 32.1. The van der Waals surface area contributed by atoms with E-state index in [2.05, 4.69) is 20.3 Å². The number of carbonyl (C=O) groups is 2. The second kappa shape index (κ2) is 15.4. The van der Waals surface area contributed by atoms with E-state index in [4.69, 9.17) is 19.6 Å². The topological polar surface area (TPSA) is 168 Å². The maximum Gasteiger partial charge on any atom is 0.337 e. The highest BCUT2D eigenvalue weighted by Gasteiger charge is 2.38. The number of aromatic nitrogens is 6. The molecule has 0 bridgehead atoms. The number of fused-ring (bicyclic) bond motifs is 2. The van der Waals surface area contributed by atoms with Crippen LogP contribution in [0.3, 0.4) is 0 Å². The Morgan fingerprint density at radius 1 is 0.930 bits per heavy atom.